The minimum absolute atomic E-state index is 0.0520. The lowest BCUT2D eigenvalue weighted by atomic mass is 9.32. The molecule has 350 valence electrons. The number of hydrogen-bond donors (Lipinski definition) is 3. The van der Waals surface area contributed by atoms with Gasteiger partial charge in [-0.15, -0.1) is 0 Å². The molecule has 7 aliphatic rings. The highest BCUT2D eigenvalue weighted by Gasteiger charge is 2.71. The number of sulfonamides is 1. The maximum absolute atomic E-state index is 13.7. The molecule has 61 heavy (non-hydrogen) atoms. The van der Waals surface area contributed by atoms with E-state index in [0.29, 0.717) is 61.6 Å². The van der Waals surface area contributed by atoms with E-state index in [0.717, 1.165) is 44.9 Å². The zero-order valence-corrected chi connectivity index (χ0v) is 41.4. The van der Waals surface area contributed by atoms with Gasteiger partial charge >= 0.3 is 11.9 Å². The van der Waals surface area contributed by atoms with E-state index in [4.69, 9.17) is 4.74 Å². The molecular formula is C48H83N3O8S2. The van der Waals surface area contributed by atoms with E-state index in [1.807, 2.05) is 20.8 Å². The number of carboxylic acids is 1. The minimum Gasteiger partial charge on any atom is -0.481 e. The van der Waals surface area contributed by atoms with Gasteiger partial charge in [-0.05, 0) is 149 Å². The fourth-order valence-electron chi connectivity index (χ4n) is 16.3. The molecule has 14 atom stereocenters. The summed E-state index contributed by atoms with van der Waals surface area (Å²) in [5, 5.41) is 13.4. The van der Waals surface area contributed by atoms with Gasteiger partial charge in [-0.25, -0.2) is 21.6 Å². The van der Waals surface area contributed by atoms with Gasteiger partial charge in [-0.2, -0.15) is 0 Å². The SMILES string of the molecule is CC(NS(=O)(=O)C(C)C)C(CN[C@]12CC[C@@H](C(C)C)[C@@H]1[C@H]1CC[C@@H]3[C@@]4(C)CC[C@H](OC(=O)[C@H]5C[C@@H](C(=O)O)C5(C)C)C(C)(C)[C@@H]4CC[C@@]3(C)[C@]1(C)CC2)N1CCS(=O)(=O)CC1. The van der Waals surface area contributed by atoms with E-state index in [1.165, 1.54) is 19.3 Å². The average Bonchev–Trinajstić information content (AvgIpc) is 3.53. The van der Waals surface area contributed by atoms with Crippen molar-refractivity contribution < 1.29 is 36.3 Å². The van der Waals surface area contributed by atoms with Crippen LogP contribution in [0.25, 0.3) is 0 Å². The quantitative estimate of drug-likeness (QED) is 0.167. The van der Waals surface area contributed by atoms with Gasteiger partial charge in [0.15, 0.2) is 9.84 Å². The summed E-state index contributed by atoms with van der Waals surface area (Å²) in [6.45, 7) is 28.0. The van der Waals surface area contributed by atoms with Crippen LogP contribution in [0.3, 0.4) is 0 Å². The summed E-state index contributed by atoms with van der Waals surface area (Å²) in [4.78, 5) is 27.8. The number of sulfone groups is 1. The van der Waals surface area contributed by atoms with Crippen LogP contribution in [0, 0.1) is 74.4 Å². The Bertz CT molecular complexity index is 1900. The van der Waals surface area contributed by atoms with Gasteiger partial charge in [0.25, 0.3) is 0 Å². The fourth-order valence-corrected chi connectivity index (χ4v) is 18.5. The van der Waals surface area contributed by atoms with Crippen LogP contribution in [0.4, 0.5) is 0 Å². The highest BCUT2D eigenvalue weighted by Crippen LogP contribution is 2.76. The maximum atomic E-state index is 13.7. The molecule has 0 aromatic heterocycles. The first-order valence-corrected chi connectivity index (χ1v) is 27.6. The Morgan fingerprint density at radius 1 is 0.787 bits per heavy atom. The molecular weight excluding hydrogens is 811 g/mol. The second kappa shape index (κ2) is 16.0. The summed E-state index contributed by atoms with van der Waals surface area (Å²) in [5.74, 6) is 1.46. The van der Waals surface area contributed by atoms with Gasteiger partial charge in [-0.3, -0.25) is 14.5 Å². The molecule has 1 aliphatic heterocycles. The fraction of sp³-hybridized carbons (Fsp3) is 0.958. The van der Waals surface area contributed by atoms with Gasteiger partial charge in [-0.1, -0.05) is 62.3 Å². The molecule has 2 unspecified atom stereocenters. The van der Waals surface area contributed by atoms with Crippen molar-refractivity contribution in [3.05, 3.63) is 0 Å². The third-order valence-electron chi connectivity index (χ3n) is 20.4. The number of ether oxygens (including phenoxy) is 1. The van der Waals surface area contributed by atoms with Crippen LogP contribution in [0.1, 0.15) is 154 Å². The predicted octanol–water partition coefficient (Wildman–Crippen LogP) is 7.54. The highest BCUT2D eigenvalue weighted by molar-refractivity contribution is 7.91. The van der Waals surface area contributed by atoms with Crippen LogP contribution in [-0.2, 0) is 34.2 Å². The number of hydrogen-bond acceptors (Lipinski definition) is 9. The summed E-state index contributed by atoms with van der Waals surface area (Å²) in [7, 11) is -6.63. The topological polar surface area (TPSA) is 159 Å². The van der Waals surface area contributed by atoms with Crippen molar-refractivity contribution in [2.24, 2.45) is 74.4 Å². The summed E-state index contributed by atoms with van der Waals surface area (Å²) >= 11 is 0. The number of carbonyl (C=O) groups is 2. The third-order valence-corrected chi connectivity index (χ3v) is 24.0. The number of nitrogens with one attached hydrogen (secondary N) is 2. The van der Waals surface area contributed by atoms with Crippen LogP contribution < -0.4 is 10.0 Å². The first-order valence-electron chi connectivity index (χ1n) is 24.2. The molecule has 7 fully saturated rings. The van der Waals surface area contributed by atoms with E-state index in [-0.39, 0.29) is 68.8 Å². The van der Waals surface area contributed by atoms with Gasteiger partial charge in [0.05, 0.1) is 28.6 Å². The predicted molar refractivity (Wildman–Crippen MR) is 241 cm³/mol. The van der Waals surface area contributed by atoms with Crippen molar-refractivity contribution in [3.63, 3.8) is 0 Å². The van der Waals surface area contributed by atoms with Crippen LogP contribution >= 0.6 is 0 Å². The normalized spacial score (nSPS) is 43.8. The molecule has 1 saturated heterocycles. The number of rotatable bonds is 12. The molecule has 13 heteroatoms. The number of nitrogens with zero attached hydrogens (tertiary/aromatic N) is 1. The van der Waals surface area contributed by atoms with Gasteiger partial charge in [0.1, 0.15) is 6.10 Å². The first kappa shape index (κ1) is 47.7. The van der Waals surface area contributed by atoms with Crippen molar-refractivity contribution in [2.75, 3.05) is 31.1 Å². The molecule has 3 N–H and O–H groups in total. The Kier molecular flexibility index (Phi) is 12.5. The smallest absolute Gasteiger partial charge is 0.309 e. The lowest BCUT2D eigenvalue weighted by Crippen LogP contribution is -2.69. The molecule has 7 rings (SSSR count). The average molecular weight is 894 g/mol. The molecule has 6 saturated carbocycles. The standard InChI is InChI=1S/C48H83N3O8S2/c1-29(2)32-15-20-48(49-28-36(31(5)50-61(57,58)30(3)4)51-23-25-60(55,56)26-24-51)22-21-46(11)33(40(32)48)13-14-38-45(10)18-17-39(44(8,9)37(45)16-19-47(38,46)12)59-42(54)35-27-34(41(52)53)43(35,6)7/h29-40,49-50H,13-28H2,1-12H3,(H,52,53)/t31?,32-,33+,34-,35+,36?,37-,38+,39-,40+,45-,46+,47+,48-/m0/s1. The van der Waals surface area contributed by atoms with Crippen molar-refractivity contribution >= 4 is 31.8 Å². The number of esters is 1. The number of carbonyl (C=O) groups excluding carboxylic acids is 1. The molecule has 0 aromatic carbocycles. The van der Waals surface area contributed by atoms with Crippen LogP contribution in [0.5, 0.6) is 0 Å². The van der Waals surface area contributed by atoms with E-state index < -0.39 is 42.4 Å². The Morgan fingerprint density at radius 3 is 2.03 bits per heavy atom. The lowest BCUT2D eigenvalue weighted by molar-refractivity contribution is -0.249. The van der Waals surface area contributed by atoms with Crippen LogP contribution in [0.15, 0.2) is 0 Å². The van der Waals surface area contributed by atoms with E-state index in [9.17, 15) is 31.5 Å². The highest BCUT2D eigenvalue weighted by atomic mass is 32.2. The largest absolute Gasteiger partial charge is 0.481 e. The summed E-state index contributed by atoms with van der Waals surface area (Å²) in [5.41, 5.74) is -0.427. The summed E-state index contributed by atoms with van der Waals surface area (Å²) in [6, 6.07) is -0.553. The van der Waals surface area contributed by atoms with Crippen LogP contribution in [0.2, 0.25) is 0 Å². The Hall–Kier alpha value is -1.28. The van der Waals surface area contributed by atoms with Crippen molar-refractivity contribution in [1.29, 1.82) is 0 Å². The summed E-state index contributed by atoms with van der Waals surface area (Å²) < 4.78 is 60.9. The number of carboxylic acid groups (broad SMARTS) is 1. The van der Waals surface area contributed by atoms with Gasteiger partial charge in [0.2, 0.25) is 10.0 Å². The molecule has 0 amide bonds. The van der Waals surface area contributed by atoms with E-state index in [2.05, 4.69) is 63.4 Å². The zero-order chi connectivity index (χ0) is 45.1. The maximum Gasteiger partial charge on any atom is 0.309 e. The molecule has 0 aromatic rings. The molecule has 0 radical (unpaired) electrons. The molecule has 6 aliphatic carbocycles. The van der Waals surface area contributed by atoms with Gasteiger partial charge in [0, 0.05) is 42.7 Å². The summed E-state index contributed by atoms with van der Waals surface area (Å²) in [6.07, 6.45) is 11.3. The number of aliphatic carboxylic acids is 1. The lowest BCUT2D eigenvalue weighted by Gasteiger charge is -2.73. The van der Waals surface area contributed by atoms with Crippen molar-refractivity contribution in [3.8, 4) is 0 Å². The second-order valence-electron chi connectivity index (χ2n) is 24.2. The minimum atomic E-state index is -3.53. The Balaban J connectivity index is 1.12. The zero-order valence-electron chi connectivity index (χ0n) is 39.8. The first-order chi connectivity index (χ1) is 28.1. The van der Waals surface area contributed by atoms with E-state index >= 15 is 0 Å². The van der Waals surface area contributed by atoms with Crippen molar-refractivity contribution in [1.82, 2.24) is 14.9 Å². The Morgan fingerprint density at radius 2 is 1.44 bits per heavy atom. The second-order valence-corrected chi connectivity index (χ2v) is 28.8. The Labute approximate surface area is 369 Å². The molecule has 0 bridgehead atoms. The monoisotopic (exact) mass is 894 g/mol. The van der Waals surface area contributed by atoms with E-state index in [1.54, 1.807) is 13.8 Å². The number of fused-ring (bicyclic) bond motifs is 7. The third kappa shape index (κ3) is 7.69. The van der Waals surface area contributed by atoms with Crippen molar-refractivity contribution in [2.45, 2.75) is 183 Å². The molecule has 11 nitrogen and oxygen atoms in total. The van der Waals surface area contributed by atoms with Crippen LogP contribution in [-0.4, -0.2) is 98.9 Å². The van der Waals surface area contributed by atoms with Gasteiger partial charge < -0.3 is 15.2 Å². The molecule has 1 heterocycles. The molecule has 0 spiro atoms.